The Balaban J connectivity index is 1.46. The van der Waals surface area contributed by atoms with E-state index in [1.165, 1.54) is 18.4 Å². The van der Waals surface area contributed by atoms with E-state index < -0.39 is 0 Å². The van der Waals surface area contributed by atoms with E-state index in [9.17, 15) is 4.79 Å². The number of hydrogen-bond acceptors (Lipinski definition) is 3. The van der Waals surface area contributed by atoms with E-state index in [0.29, 0.717) is 0 Å². The van der Waals surface area contributed by atoms with Crippen LogP contribution in [0.3, 0.4) is 0 Å². The first-order valence-electron chi connectivity index (χ1n) is 9.26. The molecule has 26 heavy (non-hydrogen) atoms. The van der Waals surface area contributed by atoms with Gasteiger partial charge in [-0.15, -0.1) is 0 Å². The summed E-state index contributed by atoms with van der Waals surface area (Å²) in [6.07, 6.45) is 5.69. The Morgan fingerprint density at radius 1 is 1.15 bits per heavy atom. The average Bonchev–Trinajstić information content (AvgIpc) is 3.12. The van der Waals surface area contributed by atoms with Crippen LogP contribution in [0, 0.1) is 5.92 Å². The van der Waals surface area contributed by atoms with E-state index in [0.717, 1.165) is 42.4 Å². The smallest absolute Gasteiger partial charge is 0.259 e. The summed E-state index contributed by atoms with van der Waals surface area (Å²) < 4.78 is 2.10. The Kier molecular flexibility index (Phi) is 3.89. The molecular weight excluding hydrogens is 342 g/mol. The van der Waals surface area contributed by atoms with E-state index in [1.54, 1.807) is 11.3 Å². The zero-order valence-corrected chi connectivity index (χ0v) is 15.4. The summed E-state index contributed by atoms with van der Waals surface area (Å²) in [4.78, 5) is 14.8. The predicted octanol–water partition coefficient (Wildman–Crippen LogP) is 4.54. The highest BCUT2D eigenvalue weighted by Crippen LogP contribution is 2.39. The predicted molar refractivity (Wildman–Crippen MR) is 104 cm³/mol. The quantitative estimate of drug-likeness (QED) is 0.683. The van der Waals surface area contributed by atoms with Crippen molar-refractivity contribution in [2.45, 2.75) is 31.7 Å². The lowest BCUT2D eigenvalue weighted by Crippen LogP contribution is -2.36. The highest BCUT2D eigenvalue weighted by molar-refractivity contribution is 7.08. The number of thiophene rings is 1. The Bertz CT molecular complexity index is 926. The maximum atomic E-state index is 12.9. The molecule has 2 aliphatic rings. The van der Waals surface area contributed by atoms with Gasteiger partial charge in [-0.1, -0.05) is 18.2 Å². The average molecular weight is 363 g/mol. The van der Waals surface area contributed by atoms with Crippen LogP contribution in [0.1, 0.15) is 46.8 Å². The van der Waals surface area contributed by atoms with Crippen molar-refractivity contribution in [2.24, 2.45) is 5.92 Å². The number of benzene rings is 1. The van der Waals surface area contributed by atoms with Crippen molar-refractivity contribution in [3.05, 3.63) is 70.2 Å². The first-order chi connectivity index (χ1) is 12.8. The van der Waals surface area contributed by atoms with Crippen molar-refractivity contribution in [3.8, 4) is 0 Å². The van der Waals surface area contributed by atoms with Gasteiger partial charge >= 0.3 is 0 Å². The van der Waals surface area contributed by atoms with Crippen LogP contribution in [0.25, 0.3) is 0 Å². The molecule has 4 nitrogen and oxygen atoms in total. The summed E-state index contributed by atoms with van der Waals surface area (Å²) >= 11 is 1.56. The molecule has 1 unspecified atom stereocenters. The highest BCUT2D eigenvalue weighted by Gasteiger charge is 2.31. The molecule has 0 N–H and O–H groups in total. The van der Waals surface area contributed by atoms with E-state index >= 15 is 0 Å². The Hall–Kier alpha value is -2.40. The monoisotopic (exact) mass is 363 g/mol. The van der Waals surface area contributed by atoms with Crippen LogP contribution >= 0.6 is 11.3 Å². The largest absolute Gasteiger partial charge is 0.308 e. The second kappa shape index (κ2) is 6.40. The molecule has 0 spiro atoms. The van der Waals surface area contributed by atoms with Gasteiger partial charge in [0.25, 0.3) is 5.91 Å². The molecule has 1 aliphatic carbocycles. The first kappa shape index (κ1) is 15.8. The fourth-order valence-corrected chi connectivity index (χ4v) is 4.48. The summed E-state index contributed by atoms with van der Waals surface area (Å²) in [5.41, 5.74) is 4.13. The minimum atomic E-state index is 0.0939. The summed E-state index contributed by atoms with van der Waals surface area (Å²) in [6, 6.07) is 12.3. The minimum Gasteiger partial charge on any atom is -0.308 e. The zero-order valence-electron chi connectivity index (χ0n) is 14.5. The number of para-hydroxylation sites is 1. The maximum Gasteiger partial charge on any atom is 0.259 e. The van der Waals surface area contributed by atoms with Crippen molar-refractivity contribution < 1.29 is 4.79 Å². The van der Waals surface area contributed by atoms with Gasteiger partial charge < -0.3 is 4.90 Å². The van der Waals surface area contributed by atoms with Gasteiger partial charge in [0.05, 0.1) is 11.3 Å². The van der Waals surface area contributed by atoms with Crippen LogP contribution in [0.5, 0.6) is 0 Å². The van der Waals surface area contributed by atoms with Crippen LogP contribution in [-0.4, -0.2) is 22.2 Å². The molecule has 1 aromatic carbocycles. The summed E-state index contributed by atoms with van der Waals surface area (Å²) in [6.45, 7) is 1.77. The fourth-order valence-electron chi connectivity index (χ4n) is 3.85. The van der Waals surface area contributed by atoms with Crippen molar-refractivity contribution >= 4 is 22.9 Å². The maximum absolute atomic E-state index is 12.9. The third kappa shape index (κ3) is 2.86. The van der Waals surface area contributed by atoms with Gasteiger partial charge in [-0.2, -0.15) is 16.4 Å². The highest BCUT2D eigenvalue weighted by atomic mass is 32.1. The lowest BCUT2D eigenvalue weighted by molar-refractivity contribution is 0.0985. The molecule has 3 heterocycles. The zero-order chi connectivity index (χ0) is 17.5. The van der Waals surface area contributed by atoms with Gasteiger partial charge in [0.15, 0.2) is 0 Å². The van der Waals surface area contributed by atoms with Crippen LogP contribution < -0.4 is 4.90 Å². The van der Waals surface area contributed by atoms with E-state index in [-0.39, 0.29) is 11.8 Å². The van der Waals surface area contributed by atoms with Gasteiger partial charge in [0.2, 0.25) is 0 Å². The van der Waals surface area contributed by atoms with Crippen LogP contribution in [0.15, 0.2) is 53.4 Å². The molecule has 5 rings (SSSR count). The third-order valence-corrected chi connectivity index (χ3v) is 6.10. The number of carbonyl (C=O) groups is 1. The van der Waals surface area contributed by atoms with Crippen molar-refractivity contribution in [3.63, 3.8) is 0 Å². The SMILES string of the molecule is O=C(c1ccsc1)N1CCC(c2ccn(CC3CC3)n2)c2ccccc21. The fraction of sp³-hybridized carbons (Fsp3) is 0.333. The number of fused-ring (bicyclic) bond motifs is 1. The molecule has 0 radical (unpaired) electrons. The van der Waals surface area contributed by atoms with Gasteiger partial charge in [0.1, 0.15) is 0 Å². The van der Waals surface area contributed by atoms with E-state index in [1.807, 2.05) is 27.8 Å². The first-order valence-corrected chi connectivity index (χ1v) is 10.2. The molecule has 0 bridgehead atoms. The number of anilines is 1. The molecule has 0 saturated heterocycles. The molecule has 5 heteroatoms. The topological polar surface area (TPSA) is 38.1 Å². The number of hydrogen-bond donors (Lipinski definition) is 0. The lowest BCUT2D eigenvalue weighted by atomic mass is 9.87. The second-order valence-electron chi connectivity index (χ2n) is 7.27. The minimum absolute atomic E-state index is 0.0939. The van der Waals surface area contributed by atoms with Gasteiger partial charge in [0, 0.05) is 36.3 Å². The lowest BCUT2D eigenvalue weighted by Gasteiger charge is -2.33. The van der Waals surface area contributed by atoms with E-state index in [2.05, 4.69) is 35.1 Å². The molecule has 2 aromatic heterocycles. The van der Waals surface area contributed by atoms with Gasteiger partial charge in [-0.05, 0) is 54.3 Å². The summed E-state index contributed by atoms with van der Waals surface area (Å²) in [5.74, 6) is 1.18. The summed E-state index contributed by atoms with van der Waals surface area (Å²) in [5, 5.41) is 8.73. The number of amides is 1. The Labute approximate surface area is 157 Å². The number of rotatable bonds is 4. The molecule has 1 atom stereocenters. The van der Waals surface area contributed by atoms with Crippen molar-refractivity contribution in [2.75, 3.05) is 11.4 Å². The molecule has 1 amide bonds. The molecule has 132 valence electrons. The van der Waals surface area contributed by atoms with Crippen LogP contribution in [0.2, 0.25) is 0 Å². The standard InChI is InChI=1S/C21H21N3OS/c25-21(16-9-12-26-14-16)24-11-7-17(18-3-1-2-4-20(18)24)19-8-10-23(22-19)13-15-5-6-15/h1-4,8-10,12,14-15,17H,5-7,11,13H2. The number of aromatic nitrogens is 2. The Morgan fingerprint density at radius 2 is 2.04 bits per heavy atom. The molecular formula is C21H21N3OS. The second-order valence-corrected chi connectivity index (χ2v) is 8.05. The van der Waals surface area contributed by atoms with Gasteiger partial charge in [-0.25, -0.2) is 0 Å². The van der Waals surface area contributed by atoms with Crippen molar-refractivity contribution in [1.82, 2.24) is 9.78 Å². The summed E-state index contributed by atoms with van der Waals surface area (Å²) in [7, 11) is 0. The molecule has 3 aromatic rings. The van der Waals surface area contributed by atoms with Gasteiger partial charge in [-0.3, -0.25) is 9.48 Å². The third-order valence-electron chi connectivity index (χ3n) is 5.42. The molecule has 1 saturated carbocycles. The van der Waals surface area contributed by atoms with Crippen LogP contribution in [0.4, 0.5) is 5.69 Å². The normalized spacial score (nSPS) is 19.4. The van der Waals surface area contributed by atoms with Crippen molar-refractivity contribution in [1.29, 1.82) is 0 Å². The Morgan fingerprint density at radius 3 is 2.85 bits per heavy atom. The molecule has 1 aliphatic heterocycles. The molecule has 1 fully saturated rings. The number of carbonyl (C=O) groups excluding carboxylic acids is 1. The van der Waals surface area contributed by atoms with Crippen LogP contribution in [-0.2, 0) is 6.54 Å². The van der Waals surface area contributed by atoms with E-state index in [4.69, 9.17) is 5.10 Å². The number of nitrogens with zero attached hydrogens (tertiary/aromatic N) is 3.